The Balaban J connectivity index is 2.48. The van der Waals surface area contributed by atoms with Crippen LogP contribution in [0.15, 0.2) is 31.0 Å². The zero-order chi connectivity index (χ0) is 12.4. The second-order valence-electron chi connectivity index (χ2n) is 4.29. The molecule has 0 spiro atoms. The molecule has 0 saturated heterocycles. The number of imidazole rings is 1. The van der Waals surface area contributed by atoms with Crippen molar-refractivity contribution in [3.63, 3.8) is 0 Å². The standard InChI is InChI=1S/C12H15FN4/c1-8(2)12(14)11-6-16-7-17(11)10-3-4-15-5-9(10)13/h3-8,12H,14H2,1-2H3. The van der Waals surface area contributed by atoms with Crippen molar-refractivity contribution in [1.82, 2.24) is 14.5 Å². The molecule has 90 valence electrons. The van der Waals surface area contributed by atoms with Crippen LogP contribution >= 0.6 is 0 Å². The van der Waals surface area contributed by atoms with Crippen molar-refractivity contribution in [3.8, 4) is 5.69 Å². The van der Waals surface area contributed by atoms with Gasteiger partial charge in [0.2, 0.25) is 0 Å². The maximum atomic E-state index is 13.6. The molecule has 2 N–H and O–H groups in total. The van der Waals surface area contributed by atoms with Crippen LogP contribution in [0.4, 0.5) is 4.39 Å². The molecule has 0 aliphatic carbocycles. The largest absolute Gasteiger partial charge is 0.322 e. The van der Waals surface area contributed by atoms with E-state index >= 15 is 0 Å². The Morgan fingerprint density at radius 1 is 1.29 bits per heavy atom. The summed E-state index contributed by atoms with van der Waals surface area (Å²) < 4.78 is 15.3. The van der Waals surface area contributed by atoms with Gasteiger partial charge in [-0.2, -0.15) is 0 Å². The van der Waals surface area contributed by atoms with Gasteiger partial charge >= 0.3 is 0 Å². The summed E-state index contributed by atoms with van der Waals surface area (Å²) in [6, 6.07) is 1.43. The summed E-state index contributed by atoms with van der Waals surface area (Å²) in [6.45, 7) is 4.04. The van der Waals surface area contributed by atoms with Gasteiger partial charge in [0.1, 0.15) is 0 Å². The SMILES string of the molecule is CC(C)C(N)c1cncn1-c1ccncc1F. The van der Waals surface area contributed by atoms with Gasteiger partial charge in [-0.3, -0.25) is 9.55 Å². The summed E-state index contributed by atoms with van der Waals surface area (Å²) in [5, 5.41) is 0. The molecular formula is C12H15FN4. The maximum Gasteiger partial charge on any atom is 0.165 e. The highest BCUT2D eigenvalue weighted by molar-refractivity contribution is 5.33. The lowest BCUT2D eigenvalue weighted by molar-refractivity contribution is 0.494. The minimum atomic E-state index is -0.386. The van der Waals surface area contributed by atoms with Crippen LogP contribution in [0.3, 0.4) is 0 Å². The highest BCUT2D eigenvalue weighted by Crippen LogP contribution is 2.22. The average molecular weight is 234 g/mol. The Bertz CT molecular complexity index is 507. The molecule has 0 bridgehead atoms. The minimum absolute atomic E-state index is 0.176. The van der Waals surface area contributed by atoms with E-state index in [9.17, 15) is 4.39 Å². The van der Waals surface area contributed by atoms with E-state index in [-0.39, 0.29) is 17.8 Å². The van der Waals surface area contributed by atoms with Gasteiger partial charge in [0.15, 0.2) is 5.82 Å². The summed E-state index contributed by atoms with van der Waals surface area (Å²) in [6.07, 6.45) is 5.96. The molecule has 2 aromatic rings. The number of nitrogens with zero attached hydrogens (tertiary/aromatic N) is 3. The molecule has 0 saturated carbocycles. The fraction of sp³-hybridized carbons (Fsp3) is 0.333. The second kappa shape index (κ2) is 4.63. The molecular weight excluding hydrogens is 219 g/mol. The van der Waals surface area contributed by atoms with Gasteiger partial charge in [0.05, 0.1) is 30.1 Å². The first kappa shape index (κ1) is 11.7. The van der Waals surface area contributed by atoms with E-state index in [1.165, 1.54) is 6.20 Å². The Kier molecular flexibility index (Phi) is 3.19. The molecule has 1 atom stereocenters. The number of hydrogen-bond acceptors (Lipinski definition) is 3. The minimum Gasteiger partial charge on any atom is -0.322 e. The summed E-state index contributed by atoms with van der Waals surface area (Å²) in [4.78, 5) is 7.76. The molecule has 0 amide bonds. The zero-order valence-corrected chi connectivity index (χ0v) is 9.84. The molecule has 2 heterocycles. The number of aromatic nitrogens is 3. The van der Waals surface area contributed by atoms with Crippen molar-refractivity contribution in [2.75, 3.05) is 0 Å². The quantitative estimate of drug-likeness (QED) is 0.884. The van der Waals surface area contributed by atoms with E-state index in [0.29, 0.717) is 5.69 Å². The number of pyridine rings is 1. The van der Waals surface area contributed by atoms with Gasteiger partial charge in [-0.15, -0.1) is 0 Å². The third-order valence-corrected chi connectivity index (χ3v) is 2.74. The molecule has 17 heavy (non-hydrogen) atoms. The van der Waals surface area contributed by atoms with Crippen molar-refractivity contribution < 1.29 is 4.39 Å². The van der Waals surface area contributed by atoms with Gasteiger partial charge < -0.3 is 5.73 Å². The number of nitrogens with two attached hydrogens (primary N) is 1. The molecule has 0 fully saturated rings. The van der Waals surface area contributed by atoms with Crippen molar-refractivity contribution in [2.45, 2.75) is 19.9 Å². The molecule has 0 aromatic carbocycles. The van der Waals surface area contributed by atoms with Crippen LogP contribution < -0.4 is 5.73 Å². The van der Waals surface area contributed by atoms with Gasteiger partial charge in [-0.05, 0) is 12.0 Å². The van der Waals surface area contributed by atoms with Crippen LogP contribution in [0.1, 0.15) is 25.6 Å². The van der Waals surface area contributed by atoms with E-state index in [1.54, 1.807) is 29.4 Å². The molecule has 2 rings (SSSR count). The lowest BCUT2D eigenvalue weighted by Crippen LogP contribution is -2.20. The second-order valence-corrected chi connectivity index (χ2v) is 4.29. The number of rotatable bonds is 3. The molecule has 0 aliphatic rings. The highest BCUT2D eigenvalue weighted by Gasteiger charge is 2.17. The van der Waals surface area contributed by atoms with E-state index < -0.39 is 0 Å². The van der Waals surface area contributed by atoms with E-state index in [4.69, 9.17) is 5.73 Å². The zero-order valence-electron chi connectivity index (χ0n) is 9.84. The van der Waals surface area contributed by atoms with Gasteiger partial charge in [-0.25, -0.2) is 9.37 Å². The van der Waals surface area contributed by atoms with Crippen LogP contribution in [0.2, 0.25) is 0 Å². The molecule has 5 heteroatoms. The number of hydrogen-bond donors (Lipinski definition) is 1. The van der Waals surface area contributed by atoms with Crippen LogP contribution in [-0.4, -0.2) is 14.5 Å². The van der Waals surface area contributed by atoms with Crippen molar-refractivity contribution in [1.29, 1.82) is 0 Å². The molecule has 2 aromatic heterocycles. The smallest absolute Gasteiger partial charge is 0.165 e. The van der Waals surface area contributed by atoms with Crippen LogP contribution in [-0.2, 0) is 0 Å². The normalized spacial score (nSPS) is 13.0. The summed E-state index contributed by atoms with van der Waals surface area (Å²) in [7, 11) is 0. The molecule has 1 unspecified atom stereocenters. The van der Waals surface area contributed by atoms with Gasteiger partial charge in [0, 0.05) is 12.2 Å². The lowest BCUT2D eigenvalue weighted by Gasteiger charge is -2.17. The monoisotopic (exact) mass is 234 g/mol. The van der Waals surface area contributed by atoms with E-state index in [2.05, 4.69) is 9.97 Å². The topological polar surface area (TPSA) is 56.7 Å². The van der Waals surface area contributed by atoms with Crippen molar-refractivity contribution in [3.05, 3.63) is 42.5 Å². The predicted octanol–water partition coefficient (Wildman–Crippen LogP) is 2.06. The number of halogens is 1. The maximum absolute atomic E-state index is 13.6. The Labute approximate surface area is 99.3 Å². The highest BCUT2D eigenvalue weighted by atomic mass is 19.1. The van der Waals surface area contributed by atoms with E-state index in [0.717, 1.165) is 5.69 Å². The third-order valence-electron chi connectivity index (χ3n) is 2.74. The first-order chi connectivity index (χ1) is 8.11. The van der Waals surface area contributed by atoms with Crippen LogP contribution in [0.5, 0.6) is 0 Å². The van der Waals surface area contributed by atoms with Crippen molar-refractivity contribution in [2.24, 2.45) is 11.7 Å². The van der Waals surface area contributed by atoms with Crippen LogP contribution in [0.25, 0.3) is 5.69 Å². The Hall–Kier alpha value is -1.75. The first-order valence-corrected chi connectivity index (χ1v) is 5.49. The summed E-state index contributed by atoms with van der Waals surface area (Å²) in [5.74, 6) is -0.127. The summed E-state index contributed by atoms with van der Waals surface area (Å²) in [5.41, 5.74) is 7.29. The Morgan fingerprint density at radius 2 is 2.06 bits per heavy atom. The molecule has 0 aliphatic heterocycles. The predicted molar refractivity (Wildman–Crippen MR) is 63.1 cm³/mol. The average Bonchev–Trinajstić information content (AvgIpc) is 2.77. The Morgan fingerprint density at radius 3 is 2.71 bits per heavy atom. The first-order valence-electron chi connectivity index (χ1n) is 5.49. The van der Waals surface area contributed by atoms with Crippen LogP contribution in [0, 0.1) is 11.7 Å². The third kappa shape index (κ3) is 2.19. The van der Waals surface area contributed by atoms with E-state index in [1.807, 2.05) is 13.8 Å². The summed E-state index contributed by atoms with van der Waals surface area (Å²) >= 11 is 0. The lowest BCUT2D eigenvalue weighted by atomic mass is 10.0. The fourth-order valence-corrected chi connectivity index (χ4v) is 1.66. The van der Waals surface area contributed by atoms with Crippen molar-refractivity contribution >= 4 is 0 Å². The van der Waals surface area contributed by atoms with Gasteiger partial charge in [-0.1, -0.05) is 13.8 Å². The fourth-order valence-electron chi connectivity index (χ4n) is 1.66. The van der Waals surface area contributed by atoms with Gasteiger partial charge in [0.25, 0.3) is 0 Å². The molecule has 0 radical (unpaired) electrons. The molecule has 4 nitrogen and oxygen atoms in total.